The third-order valence-corrected chi connectivity index (χ3v) is 19.3. The summed E-state index contributed by atoms with van der Waals surface area (Å²) in [6.07, 6.45) is -41.4. The molecule has 10 heterocycles. The Morgan fingerprint density at radius 1 is 0.439 bits per heavy atom. The van der Waals surface area contributed by atoms with Gasteiger partial charge in [-0.2, -0.15) is 0 Å². The molecular weight excluding hydrogens is 1370 g/mol. The lowest BCUT2D eigenvalue weighted by Gasteiger charge is -2.47. The summed E-state index contributed by atoms with van der Waals surface area (Å²) in [6, 6.07) is 0. The Kier molecular flexibility index (Phi) is 33.7. The number of unbranched alkanes of at least 4 members (excludes halogenated alkanes) is 1. The number of thiocarbonyl (C=S) groups is 3. The predicted molar refractivity (Wildman–Crippen MR) is 342 cm³/mol. The zero-order valence-corrected chi connectivity index (χ0v) is 56.4. The van der Waals surface area contributed by atoms with Gasteiger partial charge in [-0.05, 0) is 55.9 Å². The Balaban J connectivity index is 1.07. The molecule has 0 aromatic carbocycles. The molecule has 98 heavy (non-hydrogen) atoms. The van der Waals surface area contributed by atoms with Crippen molar-refractivity contribution in [3.8, 4) is 0 Å². The number of hydrogen-bond donors (Lipinski definition) is 26. The van der Waals surface area contributed by atoms with Crippen LogP contribution < -0.4 is 31.9 Å². The van der Waals surface area contributed by atoms with Crippen LogP contribution in [0.15, 0.2) is 0 Å². The summed E-state index contributed by atoms with van der Waals surface area (Å²) < 4.78 is 64.1. The van der Waals surface area contributed by atoms with Gasteiger partial charge in [0.05, 0.1) is 70.7 Å². The number of aliphatic hydroxyl groups excluding tert-OH is 20. The summed E-state index contributed by atoms with van der Waals surface area (Å²) in [7, 11) is 0. The molecule has 10 rings (SSSR count). The molecular formula is C57H103N7O31S3. The molecule has 0 aromatic heterocycles. The highest BCUT2D eigenvalue weighted by Gasteiger charge is 2.53. The molecule has 0 saturated carbocycles. The Labute approximate surface area is 580 Å². The van der Waals surface area contributed by atoms with E-state index in [4.69, 9.17) is 88.8 Å². The first kappa shape index (κ1) is 83.1. The minimum Gasteiger partial charge on any atom is -0.394 e. The molecule has 0 aliphatic carbocycles. The van der Waals surface area contributed by atoms with Crippen molar-refractivity contribution in [2.24, 2.45) is 11.8 Å². The molecule has 0 radical (unpaired) electrons. The summed E-state index contributed by atoms with van der Waals surface area (Å²) in [5, 5.41) is 232. The van der Waals surface area contributed by atoms with Crippen LogP contribution in [0.3, 0.4) is 0 Å². The predicted octanol–water partition coefficient (Wildman–Crippen LogP) is -12.8. The molecule has 570 valence electrons. The van der Waals surface area contributed by atoms with Gasteiger partial charge in [-0.1, -0.05) is 26.2 Å². The molecule has 10 saturated heterocycles. The van der Waals surface area contributed by atoms with Gasteiger partial charge >= 0.3 is 0 Å². The first-order valence-corrected chi connectivity index (χ1v) is 34.1. The van der Waals surface area contributed by atoms with Crippen molar-refractivity contribution in [2.45, 2.75) is 223 Å². The van der Waals surface area contributed by atoms with Crippen LogP contribution in [0.2, 0.25) is 0 Å². The van der Waals surface area contributed by atoms with E-state index in [0.29, 0.717) is 25.7 Å². The Bertz CT molecular complexity index is 2290. The lowest BCUT2D eigenvalue weighted by molar-refractivity contribution is -0.355. The fourth-order valence-corrected chi connectivity index (χ4v) is 13.2. The fourth-order valence-electron chi connectivity index (χ4n) is 12.5. The van der Waals surface area contributed by atoms with E-state index < -0.39 is 236 Å². The van der Waals surface area contributed by atoms with E-state index in [-0.39, 0.29) is 74.3 Å². The molecule has 26 N–H and O–H groups in total. The van der Waals surface area contributed by atoms with Crippen LogP contribution in [0.25, 0.3) is 0 Å². The van der Waals surface area contributed by atoms with Gasteiger partial charge in [-0.3, -0.25) is 4.90 Å². The first-order chi connectivity index (χ1) is 46.7. The third-order valence-electron chi connectivity index (χ3n) is 18.5. The van der Waals surface area contributed by atoms with E-state index in [0.717, 1.165) is 12.8 Å². The monoisotopic (exact) mass is 1480 g/mol. The van der Waals surface area contributed by atoms with Crippen LogP contribution in [-0.2, 0) is 52.1 Å². The average Bonchev–Trinajstić information content (AvgIpc) is 0.782. The van der Waals surface area contributed by atoms with Crippen LogP contribution in [-0.4, -0.2) is 405 Å². The van der Waals surface area contributed by atoms with Crippen LogP contribution in [0.1, 0.15) is 45.4 Å². The van der Waals surface area contributed by atoms with Gasteiger partial charge in [-0.25, -0.2) is 0 Å². The minimum absolute atomic E-state index is 0.00321. The molecule has 0 aromatic rings. The maximum Gasteiger partial charge on any atom is 0.186 e. The van der Waals surface area contributed by atoms with Crippen LogP contribution >= 0.6 is 36.7 Å². The van der Waals surface area contributed by atoms with E-state index in [1.807, 2.05) is 11.8 Å². The Hall–Kier alpha value is -2.21. The highest BCUT2D eigenvalue weighted by atomic mass is 32.1. The Morgan fingerprint density at radius 2 is 0.888 bits per heavy atom. The highest BCUT2D eigenvalue weighted by molar-refractivity contribution is 7.80. The molecule has 10 aliphatic rings. The molecule has 10 fully saturated rings. The van der Waals surface area contributed by atoms with Gasteiger partial charge < -0.3 is 186 Å². The van der Waals surface area contributed by atoms with E-state index in [2.05, 4.69) is 31.9 Å². The quantitative estimate of drug-likeness (QED) is 0.0297. The maximum absolute atomic E-state index is 11.5. The lowest BCUT2D eigenvalue weighted by Crippen LogP contribution is -2.66. The van der Waals surface area contributed by atoms with Crippen molar-refractivity contribution in [3.05, 3.63) is 0 Å². The van der Waals surface area contributed by atoms with Gasteiger partial charge in [0.2, 0.25) is 0 Å². The molecule has 0 spiro atoms. The summed E-state index contributed by atoms with van der Waals surface area (Å²) in [4.78, 5) is 1.93. The summed E-state index contributed by atoms with van der Waals surface area (Å²) in [5.74, 6) is -1.19. The normalized spacial score (nSPS) is 41.6. The largest absolute Gasteiger partial charge is 0.394 e. The zero-order chi connectivity index (χ0) is 71.7. The topological polar surface area (TPSA) is 582 Å². The summed E-state index contributed by atoms with van der Waals surface area (Å²) in [5.41, 5.74) is -2.03. The van der Waals surface area contributed by atoms with Crippen molar-refractivity contribution in [1.82, 2.24) is 36.8 Å². The van der Waals surface area contributed by atoms with Gasteiger partial charge in [-0.15, -0.1) is 0 Å². The van der Waals surface area contributed by atoms with E-state index >= 15 is 0 Å². The second kappa shape index (κ2) is 39.8. The molecule has 30 unspecified atom stereocenters. The highest BCUT2D eigenvalue weighted by Crippen LogP contribution is 2.36. The van der Waals surface area contributed by atoms with Gasteiger partial charge in [0.25, 0.3) is 0 Å². The standard InChI is InChI=1S/C57H103N7O31S3/c1-2-3-6-24-26(89-48(84)41(78)32(24)69)15-61-54(96)58-8-11-64(12-9-59-55(97)62-16-27-25-7-4-5-14-85-49-46(83)40(77)47(31(20-68)94-49)95-53(90-27)42(79)33(25)70)13-10-60-56(98)63-57(21-86-50-43(80)37(74)34(71)28(17-65)91-50,22-87-51-44(81)38(75)35(72)29(18-66)92-51)23-88-52-45(82)39(76)36(73)30(19-67)93-52/h24-53,65-84H,2-23H2,1H3,(H2,58,61,96)(H2,59,62,97)(H2,60,63,98). The molecule has 38 nitrogen and oxygen atoms in total. The van der Waals surface area contributed by atoms with Crippen LogP contribution in [0, 0.1) is 11.8 Å². The van der Waals surface area contributed by atoms with Crippen molar-refractivity contribution >= 4 is 52.0 Å². The number of nitrogens with one attached hydrogen (secondary N) is 6. The number of rotatable bonds is 30. The van der Waals surface area contributed by atoms with Crippen molar-refractivity contribution in [2.75, 3.05) is 105 Å². The van der Waals surface area contributed by atoms with Crippen molar-refractivity contribution in [1.29, 1.82) is 0 Å². The van der Waals surface area contributed by atoms with Gasteiger partial charge in [0.15, 0.2) is 53.1 Å². The molecule has 30 atom stereocenters. The number of hydrogen-bond acceptors (Lipinski definition) is 35. The number of ether oxygens (including phenoxy) is 11. The minimum atomic E-state index is -2.03. The first-order valence-electron chi connectivity index (χ1n) is 32.9. The Morgan fingerprint density at radius 3 is 1.36 bits per heavy atom. The lowest BCUT2D eigenvalue weighted by atomic mass is 9.84. The van der Waals surface area contributed by atoms with E-state index in [1.54, 1.807) is 0 Å². The van der Waals surface area contributed by atoms with Crippen LogP contribution in [0.5, 0.6) is 0 Å². The van der Waals surface area contributed by atoms with Gasteiger partial charge in [0, 0.05) is 70.8 Å². The second-order valence-electron chi connectivity index (χ2n) is 25.5. The third kappa shape index (κ3) is 21.7. The van der Waals surface area contributed by atoms with E-state index in [9.17, 15) is 102 Å². The van der Waals surface area contributed by atoms with Crippen molar-refractivity contribution in [3.63, 3.8) is 0 Å². The SMILES string of the molecule is CCCCC1C(CNC(=S)NCCN(CCNC(=S)NCC2OC3OC4C(CO)OC(OCCCCC2C(O)C3O)C(O)C4O)CCNC(=S)NC(COC2OC(CO)C(O)C(O)C2O)(COC2OC(CO)C(O)C(O)C2O)COC2OC(CO)C(O)C(O)C2O)OC(O)C(O)C1O. The second-order valence-corrected chi connectivity index (χ2v) is 26.7. The smallest absolute Gasteiger partial charge is 0.186 e. The average molecular weight is 1480 g/mol. The molecule has 41 heteroatoms. The number of aliphatic hydroxyl groups is 20. The van der Waals surface area contributed by atoms with Crippen molar-refractivity contribution < 1.29 is 154 Å². The molecule has 10 aliphatic heterocycles. The van der Waals surface area contributed by atoms with Gasteiger partial charge in [0.1, 0.15) is 115 Å². The van der Waals surface area contributed by atoms with Crippen LogP contribution in [0.4, 0.5) is 0 Å². The maximum atomic E-state index is 11.5. The summed E-state index contributed by atoms with van der Waals surface area (Å²) >= 11 is 17.2. The zero-order valence-electron chi connectivity index (χ0n) is 54.0. The fraction of sp³-hybridized carbons (Fsp3) is 0.947. The van der Waals surface area contributed by atoms with E-state index in [1.165, 1.54) is 0 Å². The molecule has 0 amide bonds. The number of nitrogens with zero attached hydrogens (tertiary/aromatic N) is 1. The summed E-state index contributed by atoms with van der Waals surface area (Å²) in [6.45, 7) is -2.50. The molecule has 4 bridgehead atoms.